The van der Waals surface area contributed by atoms with Gasteiger partial charge in [0.15, 0.2) is 4.90 Å². The normalized spacial score (nSPS) is 11.4. The topological polar surface area (TPSA) is 92.5 Å². The van der Waals surface area contributed by atoms with E-state index in [0.717, 1.165) is 0 Å². The van der Waals surface area contributed by atoms with E-state index in [-0.39, 0.29) is 5.69 Å². The Hall–Kier alpha value is -1.74. The van der Waals surface area contributed by atoms with E-state index in [4.69, 9.17) is 5.73 Å². The summed E-state index contributed by atoms with van der Waals surface area (Å²) in [4.78, 5) is 11.9. The lowest BCUT2D eigenvalue weighted by Gasteiger charge is -2.18. The number of nitrogens with two attached hydrogens (primary N) is 1. The van der Waals surface area contributed by atoms with Gasteiger partial charge in [-0.15, -0.1) is 0 Å². The maximum absolute atomic E-state index is 13.6. The van der Waals surface area contributed by atoms with Gasteiger partial charge in [-0.3, -0.25) is 4.79 Å². The molecular weight excluding hydrogens is 304 g/mol. The molecular formula is C12H17F2N3O3S. The average Bonchev–Trinajstić information content (AvgIpc) is 2.36. The summed E-state index contributed by atoms with van der Waals surface area (Å²) in [6.45, 7) is 3.70. The van der Waals surface area contributed by atoms with E-state index in [0.29, 0.717) is 25.2 Å². The first-order valence-electron chi connectivity index (χ1n) is 6.24. The highest BCUT2D eigenvalue weighted by molar-refractivity contribution is 7.89. The Labute approximate surface area is 122 Å². The van der Waals surface area contributed by atoms with Crippen molar-refractivity contribution >= 4 is 21.6 Å². The Bertz CT molecular complexity index is 608. The molecule has 21 heavy (non-hydrogen) atoms. The van der Waals surface area contributed by atoms with E-state index >= 15 is 0 Å². The second-order valence-electron chi connectivity index (χ2n) is 4.20. The van der Waals surface area contributed by atoms with Gasteiger partial charge in [-0.05, 0) is 26.0 Å². The van der Waals surface area contributed by atoms with E-state index in [1.807, 2.05) is 4.72 Å². The smallest absolute Gasteiger partial charge is 0.246 e. The van der Waals surface area contributed by atoms with E-state index in [2.05, 4.69) is 0 Å². The summed E-state index contributed by atoms with van der Waals surface area (Å²) in [6, 6.07) is 1.40. The minimum atomic E-state index is -4.49. The van der Waals surface area contributed by atoms with Crippen molar-refractivity contribution in [2.75, 3.05) is 25.4 Å². The van der Waals surface area contributed by atoms with Crippen LogP contribution in [-0.2, 0) is 14.8 Å². The number of carbonyl (C=O) groups is 1. The summed E-state index contributed by atoms with van der Waals surface area (Å²) in [6.07, 6.45) is 0. The average molecular weight is 321 g/mol. The first-order valence-corrected chi connectivity index (χ1v) is 7.73. The number of carbonyl (C=O) groups excluding carboxylic acids is 1. The molecule has 1 aromatic carbocycles. The summed E-state index contributed by atoms with van der Waals surface area (Å²) in [5, 5.41) is 0. The summed E-state index contributed by atoms with van der Waals surface area (Å²) in [5.41, 5.74) is 4.98. The number of likely N-dealkylation sites (N-methyl/N-ethyl adjacent to an activating group) is 1. The van der Waals surface area contributed by atoms with Gasteiger partial charge in [0.2, 0.25) is 15.9 Å². The number of sulfonamides is 1. The molecule has 0 saturated heterocycles. The van der Waals surface area contributed by atoms with E-state index < -0.39 is 39.0 Å². The number of amides is 1. The summed E-state index contributed by atoms with van der Waals surface area (Å²) >= 11 is 0. The van der Waals surface area contributed by atoms with Gasteiger partial charge in [0, 0.05) is 18.8 Å². The van der Waals surface area contributed by atoms with Crippen molar-refractivity contribution < 1.29 is 22.0 Å². The molecule has 118 valence electrons. The Balaban J connectivity index is 2.96. The molecule has 0 heterocycles. The monoisotopic (exact) mass is 321 g/mol. The molecule has 3 N–H and O–H groups in total. The second kappa shape index (κ2) is 6.81. The van der Waals surface area contributed by atoms with Crippen molar-refractivity contribution in [1.29, 1.82) is 0 Å². The number of hydrogen-bond donors (Lipinski definition) is 2. The maximum Gasteiger partial charge on any atom is 0.246 e. The van der Waals surface area contributed by atoms with E-state index in [1.165, 1.54) is 4.90 Å². The zero-order valence-corrected chi connectivity index (χ0v) is 12.5. The third kappa shape index (κ3) is 4.11. The SMILES string of the molecule is CCN(CC)C(=O)CNS(=O)(=O)c1c(F)cc(N)cc1F. The quantitative estimate of drug-likeness (QED) is 0.754. The molecule has 0 atom stereocenters. The standard InChI is InChI=1S/C12H17F2N3O3S/c1-3-17(4-2)11(18)7-16-21(19,20)12-9(13)5-8(15)6-10(12)14/h5-6,16H,3-4,7,15H2,1-2H3. The van der Waals surface area contributed by atoms with Gasteiger partial charge >= 0.3 is 0 Å². The van der Waals surface area contributed by atoms with E-state index in [1.54, 1.807) is 13.8 Å². The number of rotatable bonds is 6. The van der Waals surface area contributed by atoms with Crippen molar-refractivity contribution in [3.05, 3.63) is 23.8 Å². The molecule has 1 rings (SSSR count). The fourth-order valence-corrected chi connectivity index (χ4v) is 2.84. The highest BCUT2D eigenvalue weighted by Crippen LogP contribution is 2.21. The highest BCUT2D eigenvalue weighted by Gasteiger charge is 2.25. The molecule has 1 amide bonds. The molecule has 1 aromatic rings. The first-order chi connectivity index (χ1) is 9.72. The molecule has 0 radical (unpaired) electrons. The number of nitrogens with zero attached hydrogens (tertiary/aromatic N) is 1. The second-order valence-corrected chi connectivity index (χ2v) is 5.91. The van der Waals surface area contributed by atoms with Crippen LogP contribution >= 0.6 is 0 Å². The molecule has 0 spiro atoms. The summed E-state index contributed by atoms with van der Waals surface area (Å²) in [7, 11) is -4.49. The molecule has 0 bridgehead atoms. The van der Waals surface area contributed by atoms with Gasteiger partial charge in [0.05, 0.1) is 6.54 Å². The van der Waals surface area contributed by atoms with Crippen LogP contribution in [-0.4, -0.2) is 38.9 Å². The van der Waals surface area contributed by atoms with Crippen molar-refractivity contribution in [2.24, 2.45) is 0 Å². The highest BCUT2D eigenvalue weighted by atomic mass is 32.2. The van der Waals surface area contributed by atoms with Crippen LogP contribution in [0.4, 0.5) is 14.5 Å². The molecule has 9 heteroatoms. The van der Waals surface area contributed by atoms with Crippen LogP contribution in [0.3, 0.4) is 0 Å². The molecule has 0 aromatic heterocycles. The number of anilines is 1. The van der Waals surface area contributed by atoms with Crippen LogP contribution in [0.1, 0.15) is 13.8 Å². The van der Waals surface area contributed by atoms with Crippen molar-refractivity contribution in [1.82, 2.24) is 9.62 Å². The van der Waals surface area contributed by atoms with Crippen LogP contribution in [0.2, 0.25) is 0 Å². The Morgan fingerprint density at radius 1 is 1.24 bits per heavy atom. The van der Waals surface area contributed by atoms with Crippen molar-refractivity contribution in [2.45, 2.75) is 18.7 Å². The molecule has 0 aliphatic carbocycles. The molecule has 6 nitrogen and oxygen atoms in total. The molecule has 0 fully saturated rings. The predicted molar refractivity (Wildman–Crippen MR) is 73.9 cm³/mol. The Kier molecular flexibility index (Phi) is 5.62. The lowest BCUT2D eigenvalue weighted by Crippen LogP contribution is -2.40. The largest absolute Gasteiger partial charge is 0.399 e. The number of nitrogen functional groups attached to an aromatic ring is 1. The Morgan fingerprint density at radius 3 is 2.14 bits per heavy atom. The van der Waals surface area contributed by atoms with Crippen molar-refractivity contribution in [3.63, 3.8) is 0 Å². The van der Waals surface area contributed by atoms with Crippen LogP contribution in [0, 0.1) is 11.6 Å². The molecule has 0 aliphatic heterocycles. The van der Waals surface area contributed by atoms with Gasteiger partial charge in [-0.25, -0.2) is 21.9 Å². The van der Waals surface area contributed by atoms with Gasteiger partial charge in [0.1, 0.15) is 11.6 Å². The third-order valence-electron chi connectivity index (χ3n) is 2.82. The van der Waals surface area contributed by atoms with Gasteiger partial charge in [0.25, 0.3) is 0 Å². The van der Waals surface area contributed by atoms with Gasteiger partial charge < -0.3 is 10.6 Å². The van der Waals surface area contributed by atoms with Crippen molar-refractivity contribution in [3.8, 4) is 0 Å². The zero-order valence-electron chi connectivity index (χ0n) is 11.7. The Morgan fingerprint density at radius 2 is 1.71 bits per heavy atom. The zero-order chi connectivity index (χ0) is 16.2. The van der Waals surface area contributed by atoms with E-state index in [9.17, 15) is 22.0 Å². The number of benzene rings is 1. The van der Waals surface area contributed by atoms with Gasteiger partial charge in [-0.2, -0.15) is 0 Å². The minimum absolute atomic E-state index is 0.233. The first kappa shape index (κ1) is 17.3. The fraction of sp³-hybridized carbons (Fsp3) is 0.417. The lowest BCUT2D eigenvalue weighted by atomic mass is 10.3. The number of hydrogen-bond acceptors (Lipinski definition) is 4. The van der Waals surface area contributed by atoms with Crippen LogP contribution in [0.15, 0.2) is 17.0 Å². The minimum Gasteiger partial charge on any atom is -0.399 e. The van der Waals surface area contributed by atoms with Crippen LogP contribution < -0.4 is 10.5 Å². The summed E-state index contributed by atoms with van der Waals surface area (Å²) < 4.78 is 52.8. The molecule has 0 aliphatic rings. The van der Waals surface area contributed by atoms with Crippen LogP contribution in [0.5, 0.6) is 0 Å². The molecule has 0 unspecified atom stereocenters. The third-order valence-corrected chi connectivity index (χ3v) is 4.27. The van der Waals surface area contributed by atoms with Gasteiger partial charge in [-0.1, -0.05) is 0 Å². The maximum atomic E-state index is 13.6. The predicted octanol–water partition coefficient (Wildman–Crippen LogP) is 0.694. The number of halogens is 2. The molecule has 0 saturated carbocycles. The lowest BCUT2D eigenvalue weighted by molar-refractivity contribution is -0.129. The van der Waals surface area contributed by atoms with Crippen LogP contribution in [0.25, 0.3) is 0 Å². The number of nitrogens with one attached hydrogen (secondary N) is 1. The summed E-state index contributed by atoms with van der Waals surface area (Å²) in [5.74, 6) is -3.11. The fourth-order valence-electron chi connectivity index (χ4n) is 1.75.